The number of benzene rings is 2. The minimum atomic E-state index is -0.371. The molecule has 0 heterocycles. The normalized spacial score (nSPS) is 11.7. The summed E-state index contributed by atoms with van der Waals surface area (Å²) < 4.78 is 14.0. The second-order valence-corrected chi connectivity index (χ2v) is 6.34. The van der Waals surface area contributed by atoms with Gasteiger partial charge < -0.3 is 16.0 Å². The van der Waals surface area contributed by atoms with Gasteiger partial charge in [0.25, 0.3) is 0 Å². The Labute approximate surface area is 175 Å². The van der Waals surface area contributed by atoms with Crippen molar-refractivity contribution in [3.8, 4) is 29.2 Å². The van der Waals surface area contributed by atoms with Crippen LogP contribution >= 0.6 is 11.6 Å². The van der Waals surface area contributed by atoms with Crippen LogP contribution in [0.15, 0.2) is 65.6 Å². The number of aromatic hydroxyl groups is 1. The van der Waals surface area contributed by atoms with E-state index in [1.165, 1.54) is 12.2 Å². The van der Waals surface area contributed by atoms with Crippen molar-refractivity contribution in [2.45, 2.75) is 26.7 Å². The van der Waals surface area contributed by atoms with Crippen molar-refractivity contribution in [1.29, 1.82) is 0 Å². The molecule has 0 amide bonds. The molecule has 0 aliphatic heterocycles. The highest BCUT2D eigenvalue weighted by Crippen LogP contribution is 2.32. The molecule has 2 aromatic rings. The summed E-state index contributed by atoms with van der Waals surface area (Å²) in [5, 5.41) is 22.0. The molecule has 0 aliphatic carbocycles. The van der Waals surface area contributed by atoms with Crippen LogP contribution in [0.1, 0.15) is 31.4 Å². The lowest BCUT2D eigenvalue weighted by atomic mass is 9.92. The first kappa shape index (κ1) is 23.8. The Morgan fingerprint density at radius 3 is 2.48 bits per heavy atom. The zero-order valence-electron chi connectivity index (χ0n) is 16.4. The van der Waals surface area contributed by atoms with Crippen molar-refractivity contribution < 1.29 is 14.7 Å². The number of halogens is 2. The minimum Gasteiger partial charge on any atom is -0.508 e. The number of phenolic OH excluding ortho intramolecular Hbond substituents is 1. The van der Waals surface area contributed by atoms with E-state index in [-0.39, 0.29) is 23.8 Å². The monoisotopic (exact) mass is 414 g/mol. The summed E-state index contributed by atoms with van der Waals surface area (Å²) in [4.78, 5) is 0. The Morgan fingerprint density at radius 1 is 1.31 bits per heavy atom. The van der Waals surface area contributed by atoms with Gasteiger partial charge in [-0.15, -0.1) is 12.3 Å². The number of terminal acetylenes is 1. The molecule has 2 rings (SSSR count). The molecule has 152 valence electrons. The number of oxime groups is 1. The molecule has 0 saturated heterocycles. The van der Waals surface area contributed by atoms with Gasteiger partial charge >= 0.3 is 0 Å². The van der Waals surface area contributed by atoms with Gasteiger partial charge in [0.05, 0.1) is 0 Å². The van der Waals surface area contributed by atoms with Gasteiger partial charge in [-0.3, -0.25) is 0 Å². The van der Waals surface area contributed by atoms with E-state index >= 15 is 0 Å². The third kappa shape index (κ3) is 7.36. The Kier molecular flexibility index (Phi) is 10.1. The van der Waals surface area contributed by atoms with Crippen molar-refractivity contribution in [2.75, 3.05) is 0 Å². The molecule has 0 spiro atoms. The Balaban J connectivity index is 0.00000132. The standard InChI is InChI=1S/C20H20ClFN2O2.C3H4/c1-2-3-4-15(22)7-10-17-18(13-5-8-16(25)9-6-13)11-14(21)12-19(17)20(23)24-26;1-3-2/h3-9,11-12,25-26H,2,10H2,1H3,(H2,23,24);1H,2H3/b4-3-,15-7+;. The first-order valence-corrected chi connectivity index (χ1v) is 9.24. The third-order valence-corrected chi connectivity index (χ3v) is 4.01. The van der Waals surface area contributed by atoms with Crippen LogP contribution < -0.4 is 5.73 Å². The lowest BCUT2D eigenvalue weighted by Gasteiger charge is -2.14. The third-order valence-electron chi connectivity index (χ3n) is 3.79. The van der Waals surface area contributed by atoms with Crippen LogP contribution in [-0.4, -0.2) is 16.1 Å². The molecule has 0 unspecified atom stereocenters. The second kappa shape index (κ2) is 12.3. The Bertz CT molecular complexity index is 943. The average Bonchev–Trinajstić information content (AvgIpc) is 2.71. The van der Waals surface area contributed by atoms with Crippen LogP contribution in [0, 0.1) is 12.3 Å². The SMILES string of the molecule is C#CC.CC/C=C\C(F)=C/Cc1c(/C(N)=N/O)cc(Cl)cc1-c1ccc(O)cc1. The lowest BCUT2D eigenvalue weighted by Crippen LogP contribution is -2.16. The van der Waals surface area contributed by atoms with Crippen molar-refractivity contribution in [3.05, 3.63) is 76.6 Å². The molecule has 0 atom stereocenters. The lowest BCUT2D eigenvalue weighted by molar-refractivity contribution is 0.318. The van der Waals surface area contributed by atoms with E-state index in [9.17, 15) is 9.50 Å². The number of amidine groups is 1. The highest BCUT2D eigenvalue weighted by molar-refractivity contribution is 6.31. The van der Waals surface area contributed by atoms with Gasteiger partial charge in [-0.1, -0.05) is 41.9 Å². The molecule has 4 nitrogen and oxygen atoms in total. The van der Waals surface area contributed by atoms with Crippen molar-refractivity contribution in [3.63, 3.8) is 0 Å². The van der Waals surface area contributed by atoms with Gasteiger partial charge in [0.15, 0.2) is 5.84 Å². The fraction of sp³-hybridized carbons (Fsp3) is 0.174. The summed E-state index contributed by atoms with van der Waals surface area (Å²) in [6, 6.07) is 9.83. The first-order chi connectivity index (χ1) is 13.9. The number of hydrogen-bond donors (Lipinski definition) is 3. The fourth-order valence-corrected chi connectivity index (χ4v) is 2.75. The smallest absolute Gasteiger partial charge is 0.170 e. The topological polar surface area (TPSA) is 78.8 Å². The van der Waals surface area contributed by atoms with E-state index in [4.69, 9.17) is 22.5 Å². The van der Waals surface area contributed by atoms with E-state index in [2.05, 4.69) is 17.5 Å². The molecule has 0 aromatic heterocycles. The van der Waals surface area contributed by atoms with Gasteiger partial charge in [0.1, 0.15) is 11.6 Å². The first-order valence-electron chi connectivity index (χ1n) is 8.87. The Hall–Kier alpha value is -3.23. The van der Waals surface area contributed by atoms with Crippen molar-refractivity contribution >= 4 is 17.4 Å². The van der Waals surface area contributed by atoms with Crippen LogP contribution in [-0.2, 0) is 6.42 Å². The number of allylic oxidation sites excluding steroid dienone is 4. The van der Waals surface area contributed by atoms with Gasteiger partial charge in [-0.05, 0) is 72.9 Å². The van der Waals surface area contributed by atoms with Crippen LogP contribution in [0.25, 0.3) is 11.1 Å². The van der Waals surface area contributed by atoms with Crippen molar-refractivity contribution in [2.24, 2.45) is 10.9 Å². The van der Waals surface area contributed by atoms with E-state index in [0.29, 0.717) is 21.7 Å². The zero-order chi connectivity index (χ0) is 21.8. The number of hydrogen-bond acceptors (Lipinski definition) is 3. The molecule has 0 fully saturated rings. The maximum atomic E-state index is 14.0. The maximum Gasteiger partial charge on any atom is 0.170 e. The summed E-state index contributed by atoms with van der Waals surface area (Å²) in [5.41, 5.74) is 8.36. The van der Waals surface area contributed by atoms with Crippen LogP contribution in [0.5, 0.6) is 5.75 Å². The summed E-state index contributed by atoms with van der Waals surface area (Å²) in [5.74, 6) is 1.90. The predicted octanol–water partition coefficient (Wildman–Crippen LogP) is 5.81. The molecule has 4 N–H and O–H groups in total. The quantitative estimate of drug-likeness (QED) is 0.139. The molecule has 0 bridgehead atoms. The van der Waals surface area contributed by atoms with Gasteiger partial charge in [0, 0.05) is 10.6 Å². The highest BCUT2D eigenvalue weighted by atomic mass is 35.5. The van der Waals surface area contributed by atoms with Gasteiger partial charge in [-0.2, -0.15) is 0 Å². The van der Waals surface area contributed by atoms with E-state index in [1.54, 1.807) is 49.4 Å². The Morgan fingerprint density at radius 2 is 1.93 bits per heavy atom. The predicted molar refractivity (Wildman–Crippen MR) is 118 cm³/mol. The average molecular weight is 415 g/mol. The number of nitrogens with two attached hydrogens (primary N) is 1. The molecular formula is C23H24ClFN2O2. The molecule has 0 radical (unpaired) electrons. The van der Waals surface area contributed by atoms with E-state index in [0.717, 1.165) is 12.0 Å². The van der Waals surface area contributed by atoms with Crippen LogP contribution in [0.2, 0.25) is 5.02 Å². The molecule has 0 aliphatic rings. The number of nitrogens with zero attached hydrogens (tertiary/aromatic N) is 1. The second-order valence-electron chi connectivity index (χ2n) is 5.90. The maximum absolute atomic E-state index is 14.0. The molecule has 29 heavy (non-hydrogen) atoms. The largest absolute Gasteiger partial charge is 0.508 e. The van der Waals surface area contributed by atoms with E-state index in [1.807, 2.05) is 6.92 Å². The number of rotatable bonds is 6. The molecule has 6 heteroatoms. The summed E-state index contributed by atoms with van der Waals surface area (Å²) in [6.45, 7) is 3.57. The highest BCUT2D eigenvalue weighted by Gasteiger charge is 2.15. The zero-order valence-corrected chi connectivity index (χ0v) is 17.1. The van der Waals surface area contributed by atoms with Crippen LogP contribution in [0.3, 0.4) is 0 Å². The van der Waals surface area contributed by atoms with Gasteiger partial charge in [0.2, 0.25) is 0 Å². The van der Waals surface area contributed by atoms with E-state index < -0.39 is 0 Å². The number of phenols is 1. The molecule has 0 saturated carbocycles. The molecule has 2 aromatic carbocycles. The fourth-order valence-electron chi connectivity index (χ4n) is 2.54. The summed E-state index contributed by atoms with van der Waals surface area (Å²) in [7, 11) is 0. The minimum absolute atomic E-state index is 0.111. The van der Waals surface area contributed by atoms with Crippen LogP contribution in [0.4, 0.5) is 4.39 Å². The van der Waals surface area contributed by atoms with Crippen molar-refractivity contribution in [1.82, 2.24) is 0 Å². The summed E-state index contributed by atoms with van der Waals surface area (Å²) >= 11 is 6.19. The molecular weight excluding hydrogens is 391 g/mol. The van der Waals surface area contributed by atoms with Gasteiger partial charge in [-0.25, -0.2) is 4.39 Å². The summed E-state index contributed by atoms with van der Waals surface area (Å²) in [6.07, 6.45) is 10.1.